The second kappa shape index (κ2) is 4.52. The van der Waals surface area contributed by atoms with E-state index in [0.29, 0.717) is 5.82 Å². The van der Waals surface area contributed by atoms with Crippen LogP contribution in [0.25, 0.3) is 0 Å². The largest absolute Gasteiger partial charge is 0.343 e. The molecule has 1 aliphatic heterocycles. The van der Waals surface area contributed by atoms with Crippen LogP contribution in [0.2, 0.25) is 0 Å². The molecule has 14 heavy (non-hydrogen) atoms. The number of nitrogens with zero attached hydrogens (tertiary/aromatic N) is 3. The quantitative estimate of drug-likeness (QED) is 0.764. The molecular formula is C9H16N4O. The van der Waals surface area contributed by atoms with E-state index in [1.165, 1.54) is 25.7 Å². The minimum atomic E-state index is -0.119. The molecule has 1 aromatic rings. The van der Waals surface area contributed by atoms with Gasteiger partial charge in [-0.1, -0.05) is 11.6 Å². The van der Waals surface area contributed by atoms with Gasteiger partial charge in [-0.25, -0.2) is 0 Å². The Morgan fingerprint density at radius 3 is 2.86 bits per heavy atom. The van der Waals surface area contributed by atoms with Crippen LogP contribution in [-0.2, 0) is 0 Å². The first-order valence-corrected chi connectivity index (χ1v) is 5.10. The number of piperidine rings is 1. The molecule has 0 bridgehead atoms. The topological polar surface area (TPSA) is 68.2 Å². The van der Waals surface area contributed by atoms with E-state index >= 15 is 0 Å². The average molecular weight is 196 g/mol. The lowest BCUT2D eigenvalue weighted by atomic mass is 10.1. The molecule has 0 amide bonds. The van der Waals surface area contributed by atoms with Crippen molar-refractivity contribution in [2.24, 2.45) is 5.73 Å². The highest BCUT2D eigenvalue weighted by molar-refractivity contribution is 4.89. The number of aromatic nitrogens is 2. The lowest BCUT2D eigenvalue weighted by molar-refractivity contribution is 0.213. The Kier molecular flexibility index (Phi) is 3.10. The summed E-state index contributed by atoms with van der Waals surface area (Å²) in [6.45, 7) is 3.12. The molecule has 0 aliphatic carbocycles. The molecular weight excluding hydrogens is 180 g/mol. The molecule has 5 nitrogen and oxygen atoms in total. The van der Waals surface area contributed by atoms with Gasteiger partial charge in [0, 0.05) is 6.54 Å². The van der Waals surface area contributed by atoms with Gasteiger partial charge < -0.3 is 15.2 Å². The Morgan fingerprint density at radius 2 is 2.21 bits per heavy atom. The first-order chi connectivity index (χ1) is 6.86. The van der Waals surface area contributed by atoms with Crippen molar-refractivity contribution in [1.29, 1.82) is 0 Å². The molecule has 1 fully saturated rings. The van der Waals surface area contributed by atoms with Crippen molar-refractivity contribution in [1.82, 2.24) is 15.0 Å². The molecule has 2 rings (SSSR count). The maximum absolute atomic E-state index is 5.94. The molecule has 0 radical (unpaired) electrons. The van der Waals surface area contributed by atoms with Crippen LogP contribution in [0.5, 0.6) is 0 Å². The van der Waals surface area contributed by atoms with E-state index in [1.54, 1.807) is 0 Å². The fourth-order valence-electron chi connectivity index (χ4n) is 1.84. The minimum Gasteiger partial charge on any atom is -0.343 e. The van der Waals surface area contributed by atoms with Crippen LogP contribution in [-0.4, -0.2) is 34.7 Å². The molecule has 78 valence electrons. The molecule has 1 aromatic heterocycles. The zero-order valence-corrected chi connectivity index (χ0v) is 8.22. The van der Waals surface area contributed by atoms with E-state index in [-0.39, 0.29) is 6.04 Å². The number of hydrogen-bond donors (Lipinski definition) is 1. The summed E-state index contributed by atoms with van der Waals surface area (Å²) in [5.74, 6) is 0.607. The van der Waals surface area contributed by atoms with Gasteiger partial charge >= 0.3 is 0 Å². The third kappa shape index (κ3) is 2.30. The summed E-state index contributed by atoms with van der Waals surface area (Å²) in [6.07, 6.45) is 5.22. The Balaban J connectivity index is 1.84. The maximum atomic E-state index is 5.94. The summed E-state index contributed by atoms with van der Waals surface area (Å²) in [5, 5.41) is 3.74. The summed E-state index contributed by atoms with van der Waals surface area (Å²) in [7, 11) is 0. The Labute approximate surface area is 83.3 Å². The third-order valence-corrected chi connectivity index (χ3v) is 2.61. The van der Waals surface area contributed by atoms with E-state index in [2.05, 4.69) is 19.6 Å². The van der Waals surface area contributed by atoms with E-state index in [0.717, 1.165) is 19.6 Å². The lowest BCUT2D eigenvalue weighted by Gasteiger charge is -2.27. The van der Waals surface area contributed by atoms with Gasteiger partial charge in [0.05, 0.1) is 6.04 Å². The van der Waals surface area contributed by atoms with Crippen molar-refractivity contribution in [3.63, 3.8) is 0 Å². The molecule has 1 atom stereocenters. The first kappa shape index (κ1) is 9.61. The molecule has 2 N–H and O–H groups in total. The van der Waals surface area contributed by atoms with Gasteiger partial charge in [0.2, 0.25) is 6.39 Å². The summed E-state index contributed by atoms with van der Waals surface area (Å²) in [5.41, 5.74) is 5.94. The Hall–Kier alpha value is -0.940. The van der Waals surface area contributed by atoms with Crippen LogP contribution in [0, 0.1) is 0 Å². The summed E-state index contributed by atoms with van der Waals surface area (Å²) >= 11 is 0. The second-order valence-corrected chi connectivity index (χ2v) is 3.76. The van der Waals surface area contributed by atoms with Crippen molar-refractivity contribution in [3.05, 3.63) is 12.2 Å². The predicted octanol–water partition coefficient (Wildman–Crippen LogP) is 0.555. The molecule has 1 unspecified atom stereocenters. The maximum Gasteiger partial charge on any atom is 0.213 e. The van der Waals surface area contributed by atoms with E-state index < -0.39 is 0 Å². The smallest absolute Gasteiger partial charge is 0.213 e. The monoisotopic (exact) mass is 196 g/mol. The Morgan fingerprint density at radius 1 is 1.43 bits per heavy atom. The summed E-state index contributed by atoms with van der Waals surface area (Å²) < 4.78 is 4.67. The fraction of sp³-hybridized carbons (Fsp3) is 0.778. The zero-order chi connectivity index (χ0) is 9.80. The molecule has 0 saturated carbocycles. The second-order valence-electron chi connectivity index (χ2n) is 3.76. The zero-order valence-electron chi connectivity index (χ0n) is 8.22. The number of hydrogen-bond acceptors (Lipinski definition) is 5. The van der Waals surface area contributed by atoms with Crippen molar-refractivity contribution < 1.29 is 4.52 Å². The average Bonchev–Trinajstić information content (AvgIpc) is 2.72. The van der Waals surface area contributed by atoms with Gasteiger partial charge in [0.1, 0.15) is 0 Å². The van der Waals surface area contributed by atoms with Gasteiger partial charge in [-0.2, -0.15) is 4.98 Å². The highest BCUT2D eigenvalue weighted by Gasteiger charge is 2.17. The Bertz CT molecular complexity index is 256. The number of likely N-dealkylation sites (tertiary alicyclic amines) is 1. The number of nitrogens with two attached hydrogens (primary N) is 1. The van der Waals surface area contributed by atoms with Crippen LogP contribution in [0.15, 0.2) is 10.9 Å². The van der Waals surface area contributed by atoms with Gasteiger partial charge in [-0.05, 0) is 25.9 Å². The molecule has 5 heteroatoms. The third-order valence-electron chi connectivity index (χ3n) is 2.61. The SMILES string of the molecule is NC(CN1CCCCC1)c1ncon1. The summed E-state index contributed by atoms with van der Waals surface area (Å²) in [6, 6.07) is -0.119. The number of rotatable bonds is 3. The minimum absolute atomic E-state index is 0.119. The molecule has 2 heterocycles. The van der Waals surface area contributed by atoms with Crippen molar-refractivity contribution in [2.75, 3.05) is 19.6 Å². The van der Waals surface area contributed by atoms with Gasteiger partial charge in [0.15, 0.2) is 5.82 Å². The van der Waals surface area contributed by atoms with E-state index in [1.807, 2.05) is 0 Å². The fourth-order valence-corrected chi connectivity index (χ4v) is 1.84. The van der Waals surface area contributed by atoms with Crippen molar-refractivity contribution in [2.45, 2.75) is 25.3 Å². The molecule has 1 saturated heterocycles. The molecule has 1 aliphatic rings. The lowest BCUT2D eigenvalue weighted by Crippen LogP contribution is -2.36. The van der Waals surface area contributed by atoms with Gasteiger partial charge in [0.25, 0.3) is 0 Å². The van der Waals surface area contributed by atoms with Crippen LogP contribution >= 0.6 is 0 Å². The summed E-state index contributed by atoms with van der Waals surface area (Å²) in [4.78, 5) is 6.32. The molecule has 0 spiro atoms. The van der Waals surface area contributed by atoms with Gasteiger partial charge in [-0.3, -0.25) is 0 Å². The van der Waals surface area contributed by atoms with Crippen molar-refractivity contribution >= 4 is 0 Å². The van der Waals surface area contributed by atoms with Gasteiger partial charge in [-0.15, -0.1) is 0 Å². The van der Waals surface area contributed by atoms with Crippen LogP contribution in [0.3, 0.4) is 0 Å². The highest BCUT2D eigenvalue weighted by atomic mass is 16.5. The highest BCUT2D eigenvalue weighted by Crippen LogP contribution is 2.12. The van der Waals surface area contributed by atoms with Crippen LogP contribution in [0.1, 0.15) is 31.1 Å². The van der Waals surface area contributed by atoms with Crippen LogP contribution < -0.4 is 5.73 Å². The predicted molar refractivity (Wildman–Crippen MR) is 51.5 cm³/mol. The van der Waals surface area contributed by atoms with Crippen molar-refractivity contribution in [3.8, 4) is 0 Å². The molecule has 0 aromatic carbocycles. The van der Waals surface area contributed by atoms with E-state index in [4.69, 9.17) is 5.73 Å². The first-order valence-electron chi connectivity index (χ1n) is 5.10. The normalized spacial score (nSPS) is 20.9. The van der Waals surface area contributed by atoms with Crippen LogP contribution in [0.4, 0.5) is 0 Å². The standard InChI is InChI=1S/C9H16N4O/c10-8(9-11-7-14-12-9)6-13-4-2-1-3-5-13/h7-8H,1-6,10H2. The van der Waals surface area contributed by atoms with E-state index in [9.17, 15) is 0 Å².